The Bertz CT molecular complexity index is 416. The van der Waals surface area contributed by atoms with E-state index in [1.165, 1.54) is 5.56 Å². The maximum absolute atomic E-state index is 5.13. The van der Waals surface area contributed by atoms with Crippen molar-refractivity contribution in [2.75, 3.05) is 21.2 Å². The summed E-state index contributed by atoms with van der Waals surface area (Å²) in [5.41, 5.74) is 1.18. The summed E-state index contributed by atoms with van der Waals surface area (Å²) in [5, 5.41) is 0. The molecule has 0 saturated heterocycles. The third kappa shape index (κ3) is 3.41. The molecule has 0 N–H and O–H groups in total. The number of hydrogen-bond donors (Lipinski definition) is 0. The van der Waals surface area contributed by atoms with Crippen molar-refractivity contribution in [1.29, 1.82) is 0 Å². The monoisotopic (exact) mass is 358 g/mol. The van der Waals surface area contributed by atoms with Crippen molar-refractivity contribution in [2.24, 2.45) is 0 Å². The molecule has 0 aromatic heterocycles. The Morgan fingerprint density at radius 3 is 2.11 bits per heavy atom. The molecule has 0 amide bonds. The van der Waals surface area contributed by atoms with Crippen LogP contribution in [0.15, 0.2) is 42.7 Å². The lowest BCUT2D eigenvalue weighted by atomic mass is 10.2. The zero-order valence-corrected chi connectivity index (χ0v) is 13.2. The Labute approximate surface area is 126 Å². The van der Waals surface area contributed by atoms with E-state index in [4.69, 9.17) is 4.74 Å². The summed E-state index contributed by atoms with van der Waals surface area (Å²) in [6.45, 7) is 0. The molecule has 0 fully saturated rings. The van der Waals surface area contributed by atoms with Crippen LogP contribution in [0.5, 0.6) is 5.75 Å². The second-order valence-electron chi connectivity index (χ2n) is 4.17. The number of ether oxygens (including phenoxy) is 1. The second-order valence-corrected chi connectivity index (χ2v) is 4.17. The number of methoxy groups -OCH3 is 1. The van der Waals surface area contributed by atoms with Gasteiger partial charge in [-0.25, -0.2) is 0 Å². The van der Waals surface area contributed by atoms with Crippen LogP contribution in [0.4, 0.5) is 0 Å². The van der Waals surface area contributed by atoms with Gasteiger partial charge in [0.2, 0.25) is 0 Å². The van der Waals surface area contributed by atoms with Gasteiger partial charge in [0.25, 0.3) is 0 Å². The van der Waals surface area contributed by atoms with Gasteiger partial charge in [0, 0.05) is 26.5 Å². The fraction of sp³-hybridized carbons (Fsp3) is 0.286. The highest BCUT2D eigenvalue weighted by molar-refractivity contribution is 14.0. The summed E-state index contributed by atoms with van der Waals surface area (Å²) in [5.74, 6) is 0.888. The smallest absolute Gasteiger partial charge is 0.120 e. The molecule has 0 bridgehead atoms. The molecule has 0 spiro atoms. The number of benzene rings is 1. The maximum atomic E-state index is 5.13. The molecule has 0 radical (unpaired) electrons. The third-order valence-corrected chi connectivity index (χ3v) is 2.95. The van der Waals surface area contributed by atoms with Crippen LogP contribution in [0, 0.1) is 0 Å². The average molecular weight is 358 g/mol. The highest BCUT2D eigenvalue weighted by Crippen LogP contribution is 2.16. The molecule has 3 nitrogen and oxygen atoms in total. The number of likely N-dealkylation sites (N-methyl/N-ethyl adjacent to an activating group) is 2. The summed E-state index contributed by atoms with van der Waals surface area (Å²) in [7, 11) is 5.82. The minimum atomic E-state index is 0. The van der Waals surface area contributed by atoms with Crippen molar-refractivity contribution in [2.45, 2.75) is 6.17 Å². The molecule has 1 heterocycles. The maximum Gasteiger partial charge on any atom is 0.120 e. The highest BCUT2D eigenvalue weighted by atomic mass is 127. The molecule has 1 aromatic carbocycles. The molecule has 1 aliphatic rings. The molecule has 1 aromatic rings. The van der Waals surface area contributed by atoms with E-state index in [1.807, 2.05) is 12.1 Å². The second kappa shape index (κ2) is 6.68. The molecule has 98 valence electrons. The van der Waals surface area contributed by atoms with E-state index in [-0.39, 0.29) is 24.0 Å². The molecular weight excluding hydrogens is 339 g/mol. The van der Waals surface area contributed by atoms with Crippen LogP contribution >= 0.6 is 24.0 Å². The van der Waals surface area contributed by atoms with Crippen molar-refractivity contribution in [3.8, 4) is 5.75 Å². The Hall–Kier alpha value is -1.17. The summed E-state index contributed by atoms with van der Waals surface area (Å²) >= 11 is 0. The minimum Gasteiger partial charge on any atom is -0.497 e. The van der Waals surface area contributed by atoms with E-state index < -0.39 is 0 Å². The van der Waals surface area contributed by atoms with Crippen LogP contribution in [0.3, 0.4) is 0 Å². The van der Waals surface area contributed by atoms with E-state index in [0.29, 0.717) is 6.17 Å². The van der Waals surface area contributed by atoms with E-state index in [9.17, 15) is 0 Å². The first kappa shape index (κ1) is 14.9. The van der Waals surface area contributed by atoms with Gasteiger partial charge < -0.3 is 14.5 Å². The number of hydrogen-bond acceptors (Lipinski definition) is 3. The van der Waals surface area contributed by atoms with Crippen molar-refractivity contribution >= 4 is 30.1 Å². The lowest BCUT2D eigenvalue weighted by Gasteiger charge is -2.24. The molecule has 1 aliphatic heterocycles. The van der Waals surface area contributed by atoms with Crippen molar-refractivity contribution in [3.63, 3.8) is 0 Å². The first-order valence-electron chi connectivity index (χ1n) is 5.65. The molecule has 0 aliphatic carbocycles. The number of nitrogens with zero attached hydrogens (tertiary/aromatic N) is 2. The number of halogens is 1. The fourth-order valence-electron chi connectivity index (χ4n) is 1.86. The van der Waals surface area contributed by atoms with Crippen molar-refractivity contribution in [3.05, 3.63) is 48.3 Å². The number of rotatable bonds is 3. The zero-order valence-electron chi connectivity index (χ0n) is 10.9. The molecule has 0 atom stereocenters. The lowest BCUT2D eigenvalue weighted by Crippen LogP contribution is -2.31. The van der Waals surface area contributed by atoms with Crippen LogP contribution < -0.4 is 4.74 Å². The molecule has 2 rings (SSSR count). The van der Waals surface area contributed by atoms with Gasteiger partial charge in [-0.3, -0.25) is 0 Å². The SMILES string of the molecule is COc1ccc(/C=C/C2N(C)C=CN2C)cc1.I. The average Bonchev–Trinajstić information content (AvgIpc) is 2.67. The Morgan fingerprint density at radius 1 is 1.06 bits per heavy atom. The zero-order chi connectivity index (χ0) is 12.3. The van der Waals surface area contributed by atoms with Gasteiger partial charge in [-0.2, -0.15) is 0 Å². The summed E-state index contributed by atoms with van der Waals surface area (Å²) in [6, 6.07) is 8.05. The lowest BCUT2D eigenvalue weighted by molar-refractivity contribution is 0.258. The largest absolute Gasteiger partial charge is 0.497 e. The predicted octanol–water partition coefficient (Wildman–Crippen LogP) is 3.00. The molecule has 18 heavy (non-hydrogen) atoms. The Morgan fingerprint density at radius 2 is 1.61 bits per heavy atom. The topological polar surface area (TPSA) is 15.7 Å². The standard InChI is InChI=1S/C14H18N2O.HI/c1-15-10-11-16(2)14(15)9-6-12-4-7-13(17-3)8-5-12;/h4-11,14H,1-3H3;1H/b9-6+;. The molecule has 0 saturated carbocycles. The molecular formula is C14H19IN2O. The summed E-state index contributed by atoms with van der Waals surface area (Å²) < 4.78 is 5.13. The predicted molar refractivity (Wildman–Crippen MR) is 85.9 cm³/mol. The van der Waals surface area contributed by atoms with E-state index in [1.54, 1.807) is 7.11 Å². The van der Waals surface area contributed by atoms with Crippen LogP contribution in [-0.4, -0.2) is 37.2 Å². The van der Waals surface area contributed by atoms with Crippen LogP contribution in [0.1, 0.15) is 5.56 Å². The van der Waals surface area contributed by atoms with Crippen molar-refractivity contribution in [1.82, 2.24) is 9.80 Å². The van der Waals surface area contributed by atoms with Crippen LogP contribution in [0.2, 0.25) is 0 Å². The summed E-state index contributed by atoms with van der Waals surface area (Å²) in [6.07, 6.45) is 8.76. The third-order valence-electron chi connectivity index (χ3n) is 2.95. The summed E-state index contributed by atoms with van der Waals surface area (Å²) in [4.78, 5) is 4.33. The van der Waals surface area contributed by atoms with Gasteiger partial charge in [-0.15, -0.1) is 24.0 Å². The van der Waals surface area contributed by atoms with E-state index >= 15 is 0 Å². The van der Waals surface area contributed by atoms with Crippen molar-refractivity contribution < 1.29 is 4.74 Å². The fourth-order valence-corrected chi connectivity index (χ4v) is 1.86. The highest BCUT2D eigenvalue weighted by Gasteiger charge is 2.16. The molecule has 4 heteroatoms. The van der Waals surface area contributed by atoms with E-state index in [2.05, 4.69) is 60.6 Å². The van der Waals surface area contributed by atoms with Crippen LogP contribution in [0.25, 0.3) is 6.08 Å². The quantitative estimate of drug-likeness (QED) is 0.773. The Kier molecular flexibility index (Phi) is 5.53. The van der Waals surface area contributed by atoms with Gasteiger partial charge in [0.15, 0.2) is 0 Å². The van der Waals surface area contributed by atoms with Crippen LogP contribution in [-0.2, 0) is 0 Å². The normalized spacial score (nSPS) is 15.3. The Balaban J connectivity index is 0.00000162. The van der Waals surface area contributed by atoms with Gasteiger partial charge in [-0.05, 0) is 23.8 Å². The van der Waals surface area contributed by atoms with Gasteiger partial charge in [-0.1, -0.05) is 18.2 Å². The van der Waals surface area contributed by atoms with E-state index in [0.717, 1.165) is 5.75 Å². The van der Waals surface area contributed by atoms with Gasteiger partial charge >= 0.3 is 0 Å². The van der Waals surface area contributed by atoms with Gasteiger partial charge in [0.05, 0.1) is 7.11 Å². The first-order chi connectivity index (χ1) is 8.20. The molecule has 0 unspecified atom stereocenters. The first-order valence-corrected chi connectivity index (χ1v) is 5.65. The van der Waals surface area contributed by atoms with Gasteiger partial charge in [0.1, 0.15) is 11.9 Å². The minimum absolute atomic E-state index is 0.